The molecule has 8 nitrogen and oxygen atoms in total. The van der Waals surface area contributed by atoms with E-state index in [1.165, 1.54) is 24.3 Å². The Balaban J connectivity index is 1.78. The standard InChI is InChI=1S/C21H15N3O5/c25-22-18(10-4-16-6-12-20(13-7-16)23(26)27)2-1-3-19(22)11-5-17-8-14-21(15-9-17)24(28)29/h1-15H/b10-4-,11-5-. The lowest BCUT2D eigenvalue weighted by molar-refractivity contribution is -0.609. The topological polar surface area (TPSA) is 113 Å². The quantitative estimate of drug-likeness (QED) is 0.267. The molecular formula is C21H15N3O5. The first kappa shape index (κ1) is 19.4. The SMILES string of the molecule is O=[N+]([O-])c1ccc(/C=C\c2cccc(/C=C\c3ccc([N+](=O)[O-])cc3)[n+]2[O-])cc1. The van der Waals surface area contributed by atoms with E-state index in [0.29, 0.717) is 11.4 Å². The molecule has 0 bridgehead atoms. The maximum absolute atomic E-state index is 12.5. The maximum Gasteiger partial charge on any atom is 0.269 e. The third-order valence-electron chi connectivity index (χ3n) is 4.10. The number of nitro benzene ring substituents is 2. The highest BCUT2D eigenvalue weighted by molar-refractivity contribution is 5.69. The summed E-state index contributed by atoms with van der Waals surface area (Å²) in [7, 11) is 0. The lowest BCUT2D eigenvalue weighted by Gasteiger charge is -2.04. The van der Waals surface area contributed by atoms with Gasteiger partial charge in [-0.25, -0.2) is 0 Å². The monoisotopic (exact) mass is 389 g/mol. The van der Waals surface area contributed by atoms with Crippen LogP contribution in [-0.2, 0) is 0 Å². The molecule has 8 heteroatoms. The zero-order valence-corrected chi connectivity index (χ0v) is 15.0. The summed E-state index contributed by atoms with van der Waals surface area (Å²) in [4.78, 5) is 20.4. The Bertz CT molecular complexity index is 1020. The van der Waals surface area contributed by atoms with Gasteiger partial charge in [0.1, 0.15) is 0 Å². The van der Waals surface area contributed by atoms with Crippen molar-refractivity contribution in [1.29, 1.82) is 0 Å². The summed E-state index contributed by atoms with van der Waals surface area (Å²) in [5.74, 6) is 0. The molecule has 0 aliphatic carbocycles. The van der Waals surface area contributed by atoms with Crippen LogP contribution in [0.25, 0.3) is 24.3 Å². The number of nitro groups is 2. The van der Waals surface area contributed by atoms with Gasteiger partial charge in [0, 0.05) is 48.6 Å². The maximum atomic E-state index is 12.5. The Kier molecular flexibility index (Phi) is 5.74. The molecule has 0 fully saturated rings. The van der Waals surface area contributed by atoms with E-state index in [2.05, 4.69) is 0 Å². The van der Waals surface area contributed by atoms with E-state index < -0.39 is 9.85 Å². The van der Waals surface area contributed by atoms with Crippen LogP contribution in [0.2, 0.25) is 0 Å². The van der Waals surface area contributed by atoms with E-state index in [1.807, 2.05) is 0 Å². The van der Waals surface area contributed by atoms with Gasteiger partial charge in [0.05, 0.1) is 9.85 Å². The van der Waals surface area contributed by atoms with Crippen molar-refractivity contribution >= 4 is 35.7 Å². The molecule has 1 aromatic heterocycles. The molecule has 0 atom stereocenters. The highest BCUT2D eigenvalue weighted by atomic mass is 16.6. The van der Waals surface area contributed by atoms with E-state index in [9.17, 15) is 25.4 Å². The predicted octanol–water partition coefficient (Wildman–Crippen LogP) is 4.48. The second-order valence-electron chi connectivity index (χ2n) is 6.03. The minimum absolute atomic E-state index is 0.000539. The highest BCUT2D eigenvalue weighted by Gasteiger charge is 2.07. The Morgan fingerprint density at radius 2 is 1.00 bits per heavy atom. The number of hydrogen-bond acceptors (Lipinski definition) is 5. The summed E-state index contributed by atoms with van der Waals surface area (Å²) in [6.45, 7) is 0. The van der Waals surface area contributed by atoms with Gasteiger partial charge in [-0.15, -0.1) is 0 Å². The molecule has 0 saturated carbocycles. The fourth-order valence-electron chi connectivity index (χ4n) is 2.55. The zero-order chi connectivity index (χ0) is 20.8. The van der Waals surface area contributed by atoms with Gasteiger partial charge in [-0.3, -0.25) is 20.2 Å². The van der Waals surface area contributed by atoms with Gasteiger partial charge in [-0.05, 0) is 53.6 Å². The Hall–Kier alpha value is -4.33. The van der Waals surface area contributed by atoms with E-state index in [1.54, 1.807) is 66.8 Å². The summed E-state index contributed by atoms with van der Waals surface area (Å²) < 4.78 is 0.754. The van der Waals surface area contributed by atoms with Crippen LogP contribution in [0.4, 0.5) is 11.4 Å². The summed E-state index contributed by atoms with van der Waals surface area (Å²) in [6, 6.07) is 17.0. The number of hydrogen-bond donors (Lipinski definition) is 0. The van der Waals surface area contributed by atoms with Crippen LogP contribution in [0.3, 0.4) is 0 Å². The van der Waals surface area contributed by atoms with Crippen LogP contribution in [0, 0.1) is 25.4 Å². The molecule has 0 aliphatic rings. The predicted molar refractivity (Wildman–Crippen MR) is 109 cm³/mol. The summed E-state index contributed by atoms with van der Waals surface area (Å²) >= 11 is 0. The van der Waals surface area contributed by atoms with Crippen molar-refractivity contribution in [2.45, 2.75) is 0 Å². The lowest BCUT2D eigenvalue weighted by Crippen LogP contribution is -2.33. The van der Waals surface area contributed by atoms with E-state index >= 15 is 0 Å². The molecule has 144 valence electrons. The van der Waals surface area contributed by atoms with Gasteiger partial charge in [-0.2, -0.15) is 4.73 Å². The van der Waals surface area contributed by atoms with Gasteiger partial charge in [0.15, 0.2) is 0 Å². The minimum Gasteiger partial charge on any atom is -0.618 e. The second-order valence-corrected chi connectivity index (χ2v) is 6.03. The molecule has 0 radical (unpaired) electrons. The minimum atomic E-state index is -0.472. The van der Waals surface area contributed by atoms with Crippen molar-refractivity contribution in [3.63, 3.8) is 0 Å². The van der Waals surface area contributed by atoms with Crippen LogP contribution < -0.4 is 4.73 Å². The molecule has 0 saturated heterocycles. The van der Waals surface area contributed by atoms with Crippen LogP contribution >= 0.6 is 0 Å². The average Bonchev–Trinajstić information content (AvgIpc) is 2.72. The van der Waals surface area contributed by atoms with Crippen LogP contribution in [0.15, 0.2) is 66.7 Å². The second kappa shape index (κ2) is 8.57. The first-order chi connectivity index (χ1) is 13.9. The molecule has 0 spiro atoms. The molecule has 1 heterocycles. The van der Waals surface area contributed by atoms with Crippen molar-refractivity contribution in [3.8, 4) is 0 Å². The van der Waals surface area contributed by atoms with Crippen molar-refractivity contribution in [2.75, 3.05) is 0 Å². The largest absolute Gasteiger partial charge is 0.618 e. The summed E-state index contributed by atoms with van der Waals surface area (Å²) in [5, 5.41) is 33.9. The molecule has 29 heavy (non-hydrogen) atoms. The van der Waals surface area contributed by atoms with Crippen LogP contribution in [0.5, 0.6) is 0 Å². The van der Waals surface area contributed by atoms with E-state index in [4.69, 9.17) is 0 Å². The van der Waals surface area contributed by atoms with Gasteiger partial charge >= 0.3 is 0 Å². The number of nitrogens with zero attached hydrogens (tertiary/aromatic N) is 3. The number of pyridine rings is 1. The molecule has 0 aliphatic heterocycles. The normalized spacial score (nSPS) is 11.2. The third kappa shape index (κ3) is 4.89. The van der Waals surface area contributed by atoms with Crippen molar-refractivity contribution in [2.24, 2.45) is 0 Å². The molecule has 0 N–H and O–H groups in total. The fraction of sp³-hybridized carbons (Fsp3) is 0. The molecule has 2 aromatic carbocycles. The van der Waals surface area contributed by atoms with Gasteiger partial charge in [0.25, 0.3) is 11.4 Å². The van der Waals surface area contributed by atoms with Crippen molar-refractivity contribution in [3.05, 3.63) is 115 Å². The molecular weight excluding hydrogens is 374 g/mol. The molecule has 0 amide bonds. The lowest BCUT2D eigenvalue weighted by atomic mass is 10.1. The first-order valence-corrected chi connectivity index (χ1v) is 8.52. The first-order valence-electron chi connectivity index (χ1n) is 8.52. The fourth-order valence-corrected chi connectivity index (χ4v) is 2.55. The number of aromatic nitrogens is 1. The molecule has 3 aromatic rings. The zero-order valence-electron chi connectivity index (χ0n) is 15.0. The number of non-ortho nitro benzene ring substituents is 2. The van der Waals surface area contributed by atoms with E-state index in [0.717, 1.165) is 15.9 Å². The summed E-state index contributed by atoms with van der Waals surface area (Å²) in [6.07, 6.45) is 6.63. The highest BCUT2D eigenvalue weighted by Crippen LogP contribution is 2.15. The molecule has 3 rings (SSSR count). The number of rotatable bonds is 6. The summed E-state index contributed by atoms with van der Waals surface area (Å²) in [5.41, 5.74) is 2.24. The smallest absolute Gasteiger partial charge is 0.269 e. The number of benzene rings is 2. The van der Waals surface area contributed by atoms with Gasteiger partial charge < -0.3 is 5.21 Å². The average molecular weight is 389 g/mol. The van der Waals surface area contributed by atoms with Crippen LogP contribution in [0.1, 0.15) is 22.5 Å². The van der Waals surface area contributed by atoms with Gasteiger partial charge in [0.2, 0.25) is 11.4 Å². The van der Waals surface area contributed by atoms with Gasteiger partial charge in [-0.1, -0.05) is 0 Å². The Morgan fingerprint density at radius 1 is 0.621 bits per heavy atom. The Morgan fingerprint density at radius 3 is 1.34 bits per heavy atom. The van der Waals surface area contributed by atoms with Crippen molar-refractivity contribution < 1.29 is 14.6 Å². The van der Waals surface area contributed by atoms with Crippen LogP contribution in [-0.4, -0.2) is 9.85 Å². The molecule has 0 unspecified atom stereocenters. The van der Waals surface area contributed by atoms with Crippen molar-refractivity contribution in [1.82, 2.24) is 0 Å². The third-order valence-corrected chi connectivity index (χ3v) is 4.10. The Labute approximate surface area is 165 Å². The van der Waals surface area contributed by atoms with E-state index in [-0.39, 0.29) is 11.4 Å².